The Bertz CT molecular complexity index is 1180. The summed E-state index contributed by atoms with van der Waals surface area (Å²) in [6.45, 7) is 18.0. The highest BCUT2D eigenvalue weighted by molar-refractivity contribution is 5.79. The molecule has 1 atom stereocenters. The summed E-state index contributed by atoms with van der Waals surface area (Å²) < 4.78 is 24.6. The van der Waals surface area contributed by atoms with Crippen LogP contribution in [0.15, 0.2) is 24.3 Å². The summed E-state index contributed by atoms with van der Waals surface area (Å²) in [5.74, 6) is 1.19. The summed E-state index contributed by atoms with van der Waals surface area (Å²) in [5, 5.41) is 10.3. The van der Waals surface area contributed by atoms with Crippen LogP contribution in [0.1, 0.15) is 83.6 Å². The number of fused-ring (bicyclic) bond motifs is 2. The summed E-state index contributed by atoms with van der Waals surface area (Å²) in [7, 11) is 0. The van der Waals surface area contributed by atoms with Gasteiger partial charge >= 0.3 is 5.97 Å². The summed E-state index contributed by atoms with van der Waals surface area (Å²) in [6.07, 6.45) is 1.28. The van der Waals surface area contributed by atoms with E-state index in [0.29, 0.717) is 25.2 Å². The monoisotopic (exact) mass is 482 g/mol. The summed E-state index contributed by atoms with van der Waals surface area (Å²) in [6, 6.07) is 7.68. The zero-order valence-electron chi connectivity index (χ0n) is 22.4. The molecule has 0 saturated heterocycles. The zero-order valence-corrected chi connectivity index (χ0v) is 22.4. The third-order valence-corrected chi connectivity index (χ3v) is 7.18. The first-order valence-corrected chi connectivity index (χ1v) is 12.3. The molecule has 0 saturated carbocycles. The third-order valence-electron chi connectivity index (χ3n) is 7.18. The zero-order chi connectivity index (χ0) is 26.0. The van der Waals surface area contributed by atoms with Gasteiger partial charge in [0.15, 0.2) is 5.60 Å². The Hall–Kier alpha value is -2.89. The van der Waals surface area contributed by atoms with Crippen molar-refractivity contribution in [2.75, 3.05) is 6.61 Å². The van der Waals surface area contributed by atoms with Gasteiger partial charge in [0.2, 0.25) is 0 Å². The molecule has 6 nitrogen and oxygen atoms in total. The minimum Gasteiger partial charge on any atom is -0.508 e. The predicted molar refractivity (Wildman–Crippen MR) is 135 cm³/mol. The SMILES string of the molecule is CCOC(=O)C(C)(C)Oc1cc2c(cc1C)O[C@]1(CC(C)(C)c3cc(O)c(C)cc3O1)CC2(C)C. The number of ether oxygens (including phenoxy) is 4. The summed E-state index contributed by atoms with van der Waals surface area (Å²) >= 11 is 0. The minimum atomic E-state index is -1.11. The Morgan fingerprint density at radius 2 is 1.46 bits per heavy atom. The molecule has 2 heterocycles. The summed E-state index contributed by atoms with van der Waals surface area (Å²) in [4.78, 5) is 12.4. The van der Waals surface area contributed by atoms with E-state index in [-0.39, 0.29) is 16.6 Å². The number of rotatable bonds is 4. The van der Waals surface area contributed by atoms with E-state index in [2.05, 4.69) is 27.7 Å². The van der Waals surface area contributed by atoms with Gasteiger partial charge in [-0.15, -0.1) is 0 Å². The second kappa shape index (κ2) is 8.07. The molecule has 190 valence electrons. The molecule has 0 aliphatic carbocycles. The Balaban J connectivity index is 1.72. The lowest BCUT2D eigenvalue weighted by molar-refractivity contribution is -0.166. The van der Waals surface area contributed by atoms with Crippen molar-refractivity contribution in [1.82, 2.24) is 0 Å². The average Bonchev–Trinajstić information content (AvgIpc) is 2.70. The largest absolute Gasteiger partial charge is 0.508 e. The molecule has 1 N–H and O–H groups in total. The maximum absolute atomic E-state index is 12.4. The van der Waals surface area contributed by atoms with E-state index in [9.17, 15) is 9.90 Å². The maximum Gasteiger partial charge on any atom is 0.349 e. The fourth-order valence-electron chi connectivity index (χ4n) is 5.46. The number of esters is 1. The molecule has 0 unspecified atom stereocenters. The van der Waals surface area contributed by atoms with Crippen molar-refractivity contribution in [2.24, 2.45) is 0 Å². The van der Waals surface area contributed by atoms with Crippen molar-refractivity contribution in [1.29, 1.82) is 0 Å². The van der Waals surface area contributed by atoms with Crippen LogP contribution in [0, 0.1) is 13.8 Å². The molecule has 0 bridgehead atoms. The van der Waals surface area contributed by atoms with E-state index in [1.54, 1.807) is 20.8 Å². The van der Waals surface area contributed by atoms with Crippen molar-refractivity contribution in [2.45, 2.75) is 97.4 Å². The van der Waals surface area contributed by atoms with Crippen molar-refractivity contribution in [3.05, 3.63) is 46.5 Å². The topological polar surface area (TPSA) is 74.2 Å². The first-order chi connectivity index (χ1) is 16.1. The van der Waals surface area contributed by atoms with Crippen LogP contribution in [-0.2, 0) is 20.4 Å². The Morgan fingerprint density at radius 1 is 0.943 bits per heavy atom. The van der Waals surface area contributed by atoms with Crippen molar-refractivity contribution >= 4 is 5.97 Å². The third kappa shape index (κ3) is 4.43. The van der Waals surface area contributed by atoms with E-state index in [4.69, 9.17) is 18.9 Å². The normalized spacial score (nSPS) is 21.9. The highest BCUT2D eigenvalue weighted by Gasteiger charge is 2.53. The molecular formula is C29H38O6. The molecule has 0 radical (unpaired) electrons. The molecule has 0 fully saturated rings. The maximum atomic E-state index is 12.4. The molecule has 2 aliphatic heterocycles. The van der Waals surface area contributed by atoms with E-state index < -0.39 is 17.4 Å². The van der Waals surface area contributed by atoms with Crippen LogP contribution in [0.5, 0.6) is 23.0 Å². The van der Waals surface area contributed by atoms with Crippen LogP contribution in [0.2, 0.25) is 0 Å². The Labute approximate surface area is 208 Å². The highest BCUT2D eigenvalue weighted by Crippen LogP contribution is 2.55. The quantitative estimate of drug-likeness (QED) is 0.520. The van der Waals surface area contributed by atoms with Crippen LogP contribution < -0.4 is 14.2 Å². The number of hydrogen-bond donors (Lipinski definition) is 1. The molecule has 2 aromatic rings. The number of aromatic hydroxyl groups is 1. The molecule has 1 spiro atoms. The van der Waals surface area contributed by atoms with Crippen LogP contribution in [0.3, 0.4) is 0 Å². The fourth-order valence-corrected chi connectivity index (χ4v) is 5.46. The number of phenols is 1. The number of phenolic OH excluding ortho intramolecular Hbond substituents is 1. The highest BCUT2D eigenvalue weighted by atomic mass is 16.7. The van der Waals surface area contributed by atoms with Crippen LogP contribution in [0.25, 0.3) is 0 Å². The summed E-state index contributed by atoms with van der Waals surface area (Å²) in [5.41, 5.74) is 1.98. The van der Waals surface area contributed by atoms with Gasteiger partial charge < -0.3 is 24.1 Å². The van der Waals surface area contributed by atoms with Gasteiger partial charge in [-0.25, -0.2) is 4.79 Å². The first kappa shape index (κ1) is 25.2. The molecule has 0 amide bonds. The lowest BCUT2D eigenvalue weighted by Crippen LogP contribution is -2.55. The molecule has 2 aromatic carbocycles. The van der Waals surface area contributed by atoms with E-state index in [0.717, 1.165) is 33.8 Å². The van der Waals surface area contributed by atoms with Gasteiger partial charge in [0.1, 0.15) is 23.0 Å². The smallest absolute Gasteiger partial charge is 0.349 e. The number of carbonyl (C=O) groups excluding carboxylic acids is 1. The fraction of sp³-hybridized carbons (Fsp3) is 0.552. The van der Waals surface area contributed by atoms with Crippen molar-refractivity contribution in [3.8, 4) is 23.0 Å². The van der Waals surface area contributed by atoms with Gasteiger partial charge in [-0.3, -0.25) is 0 Å². The van der Waals surface area contributed by atoms with Crippen LogP contribution >= 0.6 is 0 Å². The van der Waals surface area contributed by atoms with Gasteiger partial charge in [-0.1, -0.05) is 27.7 Å². The molecule has 0 aromatic heterocycles. The van der Waals surface area contributed by atoms with Gasteiger partial charge in [0, 0.05) is 34.8 Å². The minimum absolute atomic E-state index is 0.256. The molecule has 35 heavy (non-hydrogen) atoms. The second-order valence-corrected chi connectivity index (χ2v) is 11.8. The Kier molecular flexibility index (Phi) is 5.81. The molecular weight excluding hydrogens is 444 g/mol. The van der Waals surface area contributed by atoms with Gasteiger partial charge in [0.05, 0.1) is 6.61 Å². The van der Waals surface area contributed by atoms with Crippen molar-refractivity contribution in [3.63, 3.8) is 0 Å². The lowest BCUT2D eigenvalue weighted by atomic mass is 9.69. The van der Waals surface area contributed by atoms with E-state index in [1.165, 1.54) is 0 Å². The van der Waals surface area contributed by atoms with Crippen LogP contribution in [0.4, 0.5) is 0 Å². The first-order valence-electron chi connectivity index (χ1n) is 12.3. The van der Waals surface area contributed by atoms with Crippen molar-refractivity contribution < 1.29 is 28.8 Å². The Morgan fingerprint density at radius 3 is 2.00 bits per heavy atom. The lowest BCUT2D eigenvalue weighted by Gasteiger charge is -2.51. The number of benzene rings is 2. The molecule has 2 aliphatic rings. The van der Waals surface area contributed by atoms with E-state index in [1.807, 2.05) is 38.1 Å². The average molecular weight is 483 g/mol. The van der Waals surface area contributed by atoms with Gasteiger partial charge in [0.25, 0.3) is 5.79 Å². The molecule has 4 rings (SSSR count). The number of aryl methyl sites for hydroxylation is 2. The van der Waals surface area contributed by atoms with Gasteiger partial charge in [-0.2, -0.15) is 0 Å². The molecule has 6 heteroatoms. The predicted octanol–water partition coefficient (Wildman–Crippen LogP) is 6.25. The standard InChI is InChI=1S/C29H38O6/c1-10-32-25(31)28(8,9)33-22-14-20-24(12-18(22)3)35-29(16-27(20,6)7)15-26(4,5)19-13-21(30)17(2)11-23(19)34-29/h11-14,30H,10,15-16H2,1-9H3/t29-/m1/s1. The van der Waals surface area contributed by atoms with Gasteiger partial charge in [-0.05, 0) is 70.0 Å². The number of hydrogen-bond acceptors (Lipinski definition) is 6. The second-order valence-electron chi connectivity index (χ2n) is 11.8. The van der Waals surface area contributed by atoms with Crippen LogP contribution in [-0.4, -0.2) is 29.1 Å². The van der Waals surface area contributed by atoms with E-state index >= 15 is 0 Å². The number of carbonyl (C=O) groups is 1.